The molecule has 0 bridgehead atoms. The van der Waals surface area contributed by atoms with Gasteiger partial charge in [-0.15, -0.1) is 0 Å². The van der Waals surface area contributed by atoms with Crippen LogP contribution >= 0.6 is 0 Å². The van der Waals surface area contributed by atoms with Crippen LogP contribution in [0, 0.1) is 0 Å². The molecule has 1 rings (SSSR count). The second-order valence-corrected chi connectivity index (χ2v) is 3.03. The summed E-state index contributed by atoms with van der Waals surface area (Å²) in [6.45, 7) is 3.92. The van der Waals surface area contributed by atoms with E-state index in [1.54, 1.807) is 0 Å². The van der Waals surface area contributed by atoms with Crippen molar-refractivity contribution >= 4 is 5.69 Å². The highest BCUT2D eigenvalue weighted by atomic mass is 16.5. The van der Waals surface area contributed by atoms with Crippen molar-refractivity contribution in [3.63, 3.8) is 0 Å². The molecule has 0 heterocycles. The van der Waals surface area contributed by atoms with Crippen LogP contribution in [0.3, 0.4) is 0 Å². The summed E-state index contributed by atoms with van der Waals surface area (Å²) in [6, 6.07) is 7.48. The van der Waals surface area contributed by atoms with Crippen LogP contribution in [-0.2, 0) is 0 Å². The number of ether oxygens (including phenoxy) is 1. The highest BCUT2D eigenvalue weighted by Crippen LogP contribution is 2.16. The summed E-state index contributed by atoms with van der Waals surface area (Å²) in [5, 5.41) is 11.4. The van der Waals surface area contributed by atoms with Gasteiger partial charge in [-0.05, 0) is 38.1 Å². The maximum atomic E-state index is 8.59. The van der Waals surface area contributed by atoms with E-state index in [0.29, 0.717) is 0 Å². The number of hydrogen-bond donors (Lipinski definition) is 2. The second kappa shape index (κ2) is 4.72. The minimum atomic E-state index is -0.0512. The van der Waals surface area contributed by atoms with Crippen LogP contribution < -0.4 is 10.1 Å². The average Bonchev–Trinajstić information content (AvgIpc) is 2.08. The van der Waals surface area contributed by atoms with Crippen LogP contribution in [0.5, 0.6) is 5.75 Å². The zero-order chi connectivity index (χ0) is 9.68. The van der Waals surface area contributed by atoms with E-state index in [-0.39, 0.29) is 12.8 Å². The van der Waals surface area contributed by atoms with E-state index < -0.39 is 0 Å². The average molecular weight is 181 g/mol. The molecule has 1 aromatic carbocycles. The standard InChI is InChI=1S/C10H15NO2/c1-8(2)13-10-5-3-9(4-6-10)11-7-12/h3-6,8,11-12H,7H2,1-2H3. The molecule has 0 unspecified atom stereocenters. The van der Waals surface area contributed by atoms with Crippen molar-refractivity contribution in [2.45, 2.75) is 20.0 Å². The molecule has 0 fully saturated rings. The van der Waals surface area contributed by atoms with Gasteiger partial charge in [0.25, 0.3) is 0 Å². The van der Waals surface area contributed by atoms with Gasteiger partial charge >= 0.3 is 0 Å². The topological polar surface area (TPSA) is 41.5 Å². The molecule has 0 aliphatic carbocycles. The number of aliphatic hydroxyl groups excluding tert-OH is 1. The lowest BCUT2D eigenvalue weighted by Gasteiger charge is -2.10. The van der Waals surface area contributed by atoms with Crippen molar-refractivity contribution in [1.29, 1.82) is 0 Å². The molecule has 2 N–H and O–H groups in total. The van der Waals surface area contributed by atoms with Crippen molar-refractivity contribution in [3.05, 3.63) is 24.3 Å². The van der Waals surface area contributed by atoms with Crippen molar-refractivity contribution in [3.8, 4) is 5.75 Å². The summed E-state index contributed by atoms with van der Waals surface area (Å²) in [6.07, 6.45) is 0.191. The molecule has 0 saturated heterocycles. The first kappa shape index (κ1) is 9.86. The molecule has 72 valence electrons. The lowest BCUT2D eigenvalue weighted by atomic mass is 10.3. The Labute approximate surface area is 78.3 Å². The number of benzene rings is 1. The third-order valence-electron chi connectivity index (χ3n) is 1.51. The Morgan fingerprint density at radius 3 is 2.38 bits per heavy atom. The van der Waals surface area contributed by atoms with E-state index in [4.69, 9.17) is 9.84 Å². The molecule has 0 spiro atoms. The number of anilines is 1. The third-order valence-corrected chi connectivity index (χ3v) is 1.51. The minimum Gasteiger partial charge on any atom is -0.491 e. The first-order valence-electron chi connectivity index (χ1n) is 4.34. The van der Waals surface area contributed by atoms with E-state index in [9.17, 15) is 0 Å². The summed E-state index contributed by atoms with van der Waals surface area (Å²) in [5.41, 5.74) is 0.888. The monoisotopic (exact) mass is 181 g/mol. The van der Waals surface area contributed by atoms with Gasteiger partial charge in [-0.2, -0.15) is 0 Å². The van der Waals surface area contributed by atoms with Crippen LogP contribution in [0.25, 0.3) is 0 Å². The van der Waals surface area contributed by atoms with E-state index in [1.807, 2.05) is 38.1 Å². The summed E-state index contributed by atoms with van der Waals surface area (Å²) in [5.74, 6) is 0.846. The lowest BCUT2D eigenvalue weighted by Crippen LogP contribution is -2.05. The largest absolute Gasteiger partial charge is 0.491 e. The maximum absolute atomic E-state index is 8.59. The molecule has 3 nitrogen and oxygen atoms in total. The Balaban J connectivity index is 2.59. The molecule has 3 heteroatoms. The molecule has 0 aliphatic rings. The van der Waals surface area contributed by atoms with Crippen LogP contribution in [0.1, 0.15) is 13.8 Å². The number of rotatable bonds is 4. The molecular weight excluding hydrogens is 166 g/mol. The molecule has 13 heavy (non-hydrogen) atoms. The first-order valence-corrected chi connectivity index (χ1v) is 4.34. The molecule has 0 radical (unpaired) electrons. The number of hydrogen-bond acceptors (Lipinski definition) is 3. The Kier molecular flexibility index (Phi) is 3.58. The molecule has 0 aliphatic heterocycles. The molecule has 1 aromatic rings. The van der Waals surface area contributed by atoms with Crippen molar-refractivity contribution < 1.29 is 9.84 Å². The molecular formula is C10H15NO2. The van der Waals surface area contributed by atoms with E-state index in [0.717, 1.165) is 11.4 Å². The SMILES string of the molecule is CC(C)Oc1ccc(NCO)cc1. The van der Waals surface area contributed by atoms with Gasteiger partial charge in [0.2, 0.25) is 0 Å². The predicted octanol–water partition coefficient (Wildman–Crippen LogP) is 1.84. The normalized spacial score (nSPS) is 10.2. The quantitative estimate of drug-likeness (QED) is 0.696. The first-order chi connectivity index (χ1) is 6.22. The van der Waals surface area contributed by atoms with E-state index in [1.165, 1.54) is 0 Å². The summed E-state index contributed by atoms with van der Waals surface area (Å²) < 4.78 is 5.46. The smallest absolute Gasteiger partial charge is 0.119 e. The Morgan fingerprint density at radius 1 is 1.31 bits per heavy atom. The minimum absolute atomic E-state index is 0.0512. The molecule has 0 aromatic heterocycles. The van der Waals surface area contributed by atoms with Crippen LogP contribution in [0.2, 0.25) is 0 Å². The van der Waals surface area contributed by atoms with E-state index >= 15 is 0 Å². The number of nitrogens with one attached hydrogen (secondary N) is 1. The molecule has 0 saturated carbocycles. The Morgan fingerprint density at radius 2 is 1.92 bits per heavy atom. The van der Waals surface area contributed by atoms with Gasteiger partial charge < -0.3 is 15.2 Å². The summed E-state index contributed by atoms with van der Waals surface area (Å²) in [7, 11) is 0. The summed E-state index contributed by atoms with van der Waals surface area (Å²) in [4.78, 5) is 0. The van der Waals surface area contributed by atoms with E-state index in [2.05, 4.69) is 5.32 Å². The Hall–Kier alpha value is -1.22. The van der Waals surface area contributed by atoms with Crippen LogP contribution in [0.4, 0.5) is 5.69 Å². The fraction of sp³-hybridized carbons (Fsp3) is 0.400. The predicted molar refractivity (Wildman–Crippen MR) is 52.9 cm³/mol. The Bertz CT molecular complexity index is 244. The lowest BCUT2D eigenvalue weighted by molar-refractivity contribution is 0.242. The van der Waals surface area contributed by atoms with Gasteiger partial charge in [-0.3, -0.25) is 0 Å². The fourth-order valence-electron chi connectivity index (χ4n) is 1.01. The second-order valence-electron chi connectivity index (χ2n) is 3.03. The maximum Gasteiger partial charge on any atom is 0.119 e. The van der Waals surface area contributed by atoms with Crippen molar-refractivity contribution in [2.75, 3.05) is 12.0 Å². The van der Waals surface area contributed by atoms with Gasteiger partial charge in [0.15, 0.2) is 0 Å². The highest BCUT2D eigenvalue weighted by Gasteiger charge is 1.96. The van der Waals surface area contributed by atoms with Crippen LogP contribution in [-0.4, -0.2) is 17.9 Å². The molecule has 0 atom stereocenters. The summed E-state index contributed by atoms with van der Waals surface area (Å²) >= 11 is 0. The fourth-order valence-corrected chi connectivity index (χ4v) is 1.01. The zero-order valence-corrected chi connectivity index (χ0v) is 7.95. The highest BCUT2D eigenvalue weighted by molar-refractivity contribution is 5.45. The van der Waals surface area contributed by atoms with Crippen LogP contribution in [0.15, 0.2) is 24.3 Å². The van der Waals surface area contributed by atoms with Crippen molar-refractivity contribution in [2.24, 2.45) is 0 Å². The van der Waals surface area contributed by atoms with Gasteiger partial charge in [-0.1, -0.05) is 0 Å². The third kappa shape index (κ3) is 3.34. The van der Waals surface area contributed by atoms with Gasteiger partial charge in [-0.25, -0.2) is 0 Å². The van der Waals surface area contributed by atoms with Gasteiger partial charge in [0.05, 0.1) is 6.10 Å². The van der Waals surface area contributed by atoms with Gasteiger partial charge in [0.1, 0.15) is 12.5 Å². The zero-order valence-electron chi connectivity index (χ0n) is 7.95. The van der Waals surface area contributed by atoms with Gasteiger partial charge in [0, 0.05) is 5.69 Å². The number of aliphatic hydroxyl groups is 1. The molecule has 0 amide bonds. The van der Waals surface area contributed by atoms with Crippen molar-refractivity contribution in [1.82, 2.24) is 0 Å².